The van der Waals surface area contributed by atoms with Crippen LogP contribution >= 0.6 is 11.8 Å². The second-order valence-electron chi connectivity index (χ2n) is 4.14. The summed E-state index contributed by atoms with van der Waals surface area (Å²) in [5.74, 6) is 2.00. The normalized spacial score (nSPS) is 10.4. The van der Waals surface area contributed by atoms with Gasteiger partial charge in [-0.05, 0) is 20.8 Å². The lowest BCUT2D eigenvalue weighted by atomic mass is 10.4. The lowest BCUT2D eigenvalue weighted by molar-refractivity contribution is -0.119. The Bertz CT molecular complexity index is 367. The molecule has 5 nitrogen and oxygen atoms in total. The van der Waals surface area contributed by atoms with Crippen molar-refractivity contribution in [3.8, 4) is 0 Å². The zero-order chi connectivity index (χ0) is 13.4. The van der Waals surface area contributed by atoms with Gasteiger partial charge in [-0.3, -0.25) is 9.78 Å². The molecule has 1 amide bonds. The molecule has 1 aromatic rings. The number of hydrogen-bond acceptors (Lipinski definition) is 5. The van der Waals surface area contributed by atoms with Crippen molar-refractivity contribution in [3.63, 3.8) is 0 Å². The molecule has 0 aliphatic rings. The van der Waals surface area contributed by atoms with Gasteiger partial charge in [0.25, 0.3) is 0 Å². The summed E-state index contributed by atoms with van der Waals surface area (Å²) in [5.41, 5.74) is 0.888. The monoisotopic (exact) mass is 268 g/mol. The standard InChI is InChI=1S/C12H20N4OS/c1-4-13-11-6-14-10(5-15-11)7-18-8-12(17)16-9(2)3/h5-6,9H,4,7-8H2,1-3H3,(H,13,15)(H,16,17). The Labute approximate surface area is 112 Å². The topological polar surface area (TPSA) is 66.9 Å². The van der Waals surface area contributed by atoms with Crippen molar-refractivity contribution in [1.29, 1.82) is 0 Å². The summed E-state index contributed by atoms with van der Waals surface area (Å²) in [6.07, 6.45) is 3.46. The molecule has 0 saturated carbocycles. The van der Waals surface area contributed by atoms with Crippen LogP contribution in [0, 0.1) is 0 Å². The van der Waals surface area contributed by atoms with Crippen molar-refractivity contribution < 1.29 is 4.79 Å². The molecule has 1 rings (SSSR count). The van der Waals surface area contributed by atoms with Gasteiger partial charge in [0.15, 0.2) is 0 Å². The number of carbonyl (C=O) groups excluding carboxylic acids is 1. The largest absolute Gasteiger partial charge is 0.369 e. The molecule has 1 heterocycles. The number of hydrogen-bond donors (Lipinski definition) is 2. The number of nitrogens with one attached hydrogen (secondary N) is 2. The van der Waals surface area contributed by atoms with Gasteiger partial charge in [0.1, 0.15) is 5.82 Å². The molecule has 0 aromatic carbocycles. The summed E-state index contributed by atoms with van der Waals surface area (Å²) in [5, 5.41) is 5.94. The van der Waals surface area contributed by atoms with E-state index in [9.17, 15) is 4.79 Å². The van der Waals surface area contributed by atoms with E-state index in [2.05, 4.69) is 20.6 Å². The maximum Gasteiger partial charge on any atom is 0.230 e. The number of amides is 1. The number of carbonyl (C=O) groups is 1. The lowest BCUT2D eigenvalue weighted by Crippen LogP contribution is -2.31. The molecule has 0 unspecified atom stereocenters. The van der Waals surface area contributed by atoms with Crippen LogP contribution in [-0.4, -0.2) is 34.2 Å². The molecule has 0 saturated heterocycles. The molecule has 0 spiro atoms. The fourth-order valence-electron chi connectivity index (χ4n) is 1.31. The first kappa shape index (κ1) is 14.8. The van der Waals surface area contributed by atoms with Gasteiger partial charge in [-0.15, -0.1) is 11.8 Å². The molecule has 0 fully saturated rings. The first-order chi connectivity index (χ1) is 8.61. The van der Waals surface area contributed by atoms with E-state index >= 15 is 0 Å². The van der Waals surface area contributed by atoms with Crippen LogP contribution in [0.5, 0.6) is 0 Å². The van der Waals surface area contributed by atoms with Gasteiger partial charge in [0.05, 0.1) is 23.8 Å². The summed E-state index contributed by atoms with van der Waals surface area (Å²) in [6, 6.07) is 0.192. The van der Waals surface area contributed by atoms with E-state index in [1.807, 2.05) is 20.8 Å². The molecule has 0 bridgehead atoms. The van der Waals surface area contributed by atoms with Gasteiger partial charge in [0.2, 0.25) is 5.91 Å². The highest BCUT2D eigenvalue weighted by Gasteiger charge is 2.04. The summed E-state index contributed by atoms with van der Waals surface area (Å²) >= 11 is 1.54. The van der Waals surface area contributed by atoms with Crippen molar-refractivity contribution in [2.24, 2.45) is 0 Å². The van der Waals surface area contributed by atoms with Crippen LogP contribution in [0.2, 0.25) is 0 Å². The van der Waals surface area contributed by atoms with E-state index in [-0.39, 0.29) is 11.9 Å². The second kappa shape index (κ2) is 7.92. The SMILES string of the molecule is CCNc1cnc(CSCC(=O)NC(C)C)cn1. The number of rotatable bonds is 7. The Hall–Kier alpha value is -1.30. The summed E-state index contributed by atoms with van der Waals surface area (Å²) in [6.45, 7) is 6.75. The molecule has 18 heavy (non-hydrogen) atoms. The first-order valence-corrected chi connectivity index (χ1v) is 7.19. The molecule has 0 aliphatic carbocycles. The number of thioether (sulfide) groups is 1. The highest BCUT2D eigenvalue weighted by atomic mass is 32.2. The zero-order valence-electron chi connectivity index (χ0n) is 11.1. The Morgan fingerprint density at radius 3 is 2.72 bits per heavy atom. The highest BCUT2D eigenvalue weighted by Crippen LogP contribution is 2.10. The molecular weight excluding hydrogens is 248 g/mol. The maximum absolute atomic E-state index is 11.4. The summed E-state index contributed by atoms with van der Waals surface area (Å²) in [4.78, 5) is 19.9. The average Bonchev–Trinajstić information content (AvgIpc) is 2.31. The highest BCUT2D eigenvalue weighted by molar-refractivity contribution is 7.99. The van der Waals surface area contributed by atoms with E-state index in [1.165, 1.54) is 0 Å². The Kier molecular flexibility index (Phi) is 6.49. The molecule has 0 atom stereocenters. The maximum atomic E-state index is 11.4. The van der Waals surface area contributed by atoms with E-state index in [4.69, 9.17) is 0 Å². The molecular formula is C12H20N4OS. The van der Waals surface area contributed by atoms with Gasteiger partial charge in [0, 0.05) is 18.3 Å². The van der Waals surface area contributed by atoms with Crippen LogP contribution in [-0.2, 0) is 10.5 Å². The fourth-order valence-corrected chi connectivity index (χ4v) is 2.04. The first-order valence-electron chi connectivity index (χ1n) is 6.03. The van der Waals surface area contributed by atoms with Gasteiger partial charge >= 0.3 is 0 Å². The van der Waals surface area contributed by atoms with Crippen LogP contribution in [0.4, 0.5) is 5.82 Å². The predicted octanol–water partition coefficient (Wildman–Crippen LogP) is 1.67. The minimum Gasteiger partial charge on any atom is -0.369 e. The number of anilines is 1. The van der Waals surface area contributed by atoms with Crippen molar-refractivity contribution in [2.45, 2.75) is 32.6 Å². The minimum absolute atomic E-state index is 0.0622. The zero-order valence-corrected chi connectivity index (χ0v) is 11.9. The van der Waals surface area contributed by atoms with Gasteiger partial charge < -0.3 is 10.6 Å². The van der Waals surface area contributed by atoms with E-state index in [1.54, 1.807) is 24.2 Å². The van der Waals surface area contributed by atoms with E-state index in [0.717, 1.165) is 18.1 Å². The molecule has 2 N–H and O–H groups in total. The smallest absolute Gasteiger partial charge is 0.230 e. The quantitative estimate of drug-likeness (QED) is 0.787. The van der Waals surface area contributed by atoms with Gasteiger partial charge in [-0.1, -0.05) is 0 Å². The molecule has 0 radical (unpaired) electrons. The minimum atomic E-state index is 0.0622. The molecule has 6 heteroatoms. The third-order valence-corrected chi connectivity index (χ3v) is 2.96. The molecule has 1 aromatic heterocycles. The van der Waals surface area contributed by atoms with Crippen molar-refractivity contribution in [3.05, 3.63) is 18.1 Å². The van der Waals surface area contributed by atoms with Crippen LogP contribution in [0.15, 0.2) is 12.4 Å². The Morgan fingerprint density at radius 1 is 1.39 bits per heavy atom. The second-order valence-corrected chi connectivity index (χ2v) is 5.12. The summed E-state index contributed by atoms with van der Waals surface area (Å²) in [7, 11) is 0. The van der Waals surface area contributed by atoms with Gasteiger partial charge in [-0.2, -0.15) is 0 Å². The summed E-state index contributed by atoms with van der Waals surface area (Å²) < 4.78 is 0. The molecule has 100 valence electrons. The predicted molar refractivity (Wildman–Crippen MR) is 75.6 cm³/mol. The van der Waals surface area contributed by atoms with Crippen LogP contribution in [0.25, 0.3) is 0 Å². The number of nitrogens with zero attached hydrogens (tertiary/aromatic N) is 2. The Morgan fingerprint density at radius 2 is 2.17 bits per heavy atom. The molecule has 0 aliphatic heterocycles. The third-order valence-electron chi connectivity index (χ3n) is 2.00. The average molecular weight is 268 g/mol. The van der Waals surface area contributed by atoms with Crippen molar-refractivity contribution >= 4 is 23.5 Å². The van der Waals surface area contributed by atoms with E-state index < -0.39 is 0 Å². The fraction of sp³-hybridized carbons (Fsp3) is 0.583. The van der Waals surface area contributed by atoms with Crippen LogP contribution < -0.4 is 10.6 Å². The Balaban J connectivity index is 2.28. The lowest BCUT2D eigenvalue weighted by Gasteiger charge is -2.07. The third kappa shape index (κ3) is 5.86. The van der Waals surface area contributed by atoms with Crippen molar-refractivity contribution in [2.75, 3.05) is 17.6 Å². The van der Waals surface area contributed by atoms with E-state index in [0.29, 0.717) is 11.5 Å². The van der Waals surface area contributed by atoms with Crippen LogP contribution in [0.3, 0.4) is 0 Å². The van der Waals surface area contributed by atoms with Crippen LogP contribution in [0.1, 0.15) is 26.5 Å². The van der Waals surface area contributed by atoms with Gasteiger partial charge in [-0.25, -0.2) is 4.98 Å². The van der Waals surface area contributed by atoms with Crippen molar-refractivity contribution in [1.82, 2.24) is 15.3 Å². The number of aromatic nitrogens is 2.